The Balaban J connectivity index is 1.56. The fraction of sp³-hybridized carbons (Fsp3) is 0.500. The number of imide groups is 2. The smallest absolute Gasteiger partial charge is 0.262 e. The SMILES string of the molecule is CN(Cc1cccc2c1C(=O)N(C1CCC(=O)NC1=O)C2=O)CC1(O)CCNC1. The molecule has 4 rings (SSSR count). The zero-order valence-electron chi connectivity index (χ0n) is 16.2. The molecule has 9 heteroatoms. The lowest BCUT2D eigenvalue weighted by Gasteiger charge is -2.29. The molecule has 2 saturated heterocycles. The molecule has 0 radical (unpaired) electrons. The van der Waals surface area contributed by atoms with Crippen LogP contribution in [0.2, 0.25) is 0 Å². The van der Waals surface area contributed by atoms with E-state index in [0.29, 0.717) is 37.2 Å². The highest BCUT2D eigenvalue weighted by molar-refractivity contribution is 6.24. The van der Waals surface area contributed by atoms with Crippen molar-refractivity contribution < 1.29 is 24.3 Å². The van der Waals surface area contributed by atoms with Crippen LogP contribution in [0.5, 0.6) is 0 Å². The van der Waals surface area contributed by atoms with Crippen LogP contribution in [0.1, 0.15) is 45.5 Å². The predicted molar refractivity (Wildman–Crippen MR) is 102 cm³/mol. The molecule has 0 aliphatic carbocycles. The average molecular weight is 400 g/mol. The molecule has 2 atom stereocenters. The van der Waals surface area contributed by atoms with Gasteiger partial charge in [0.15, 0.2) is 0 Å². The number of fused-ring (bicyclic) bond motifs is 1. The molecule has 1 aromatic carbocycles. The third-order valence-corrected chi connectivity index (χ3v) is 5.78. The number of likely N-dealkylation sites (N-methyl/N-ethyl adjacent to an activating group) is 1. The van der Waals surface area contributed by atoms with Crippen LogP contribution in [0.15, 0.2) is 18.2 Å². The minimum absolute atomic E-state index is 0.0893. The summed E-state index contributed by atoms with van der Waals surface area (Å²) in [6.07, 6.45) is 0.877. The van der Waals surface area contributed by atoms with Crippen molar-refractivity contribution >= 4 is 23.6 Å². The van der Waals surface area contributed by atoms with Crippen molar-refractivity contribution in [2.24, 2.45) is 0 Å². The highest BCUT2D eigenvalue weighted by Gasteiger charge is 2.45. The number of hydrogen-bond acceptors (Lipinski definition) is 7. The van der Waals surface area contributed by atoms with Gasteiger partial charge in [-0.2, -0.15) is 0 Å². The summed E-state index contributed by atoms with van der Waals surface area (Å²) in [5.74, 6) is -2.04. The van der Waals surface area contributed by atoms with Crippen molar-refractivity contribution in [1.82, 2.24) is 20.4 Å². The summed E-state index contributed by atoms with van der Waals surface area (Å²) in [6, 6.07) is 4.11. The summed E-state index contributed by atoms with van der Waals surface area (Å²) in [5.41, 5.74) is 0.427. The molecule has 0 spiro atoms. The van der Waals surface area contributed by atoms with Gasteiger partial charge in [0, 0.05) is 26.1 Å². The Bertz CT molecular complexity index is 893. The van der Waals surface area contributed by atoms with Crippen molar-refractivity contribution in [3.05, 3.63) is 34.9 Å². The minimum atomic E-state index is -0.976. The van der Waals surface area contributed by atoms with E-state index in [4.69, 9.17) is 0 Å². The third kappa shape index (κ3) is 3.57. The van der Waals surface area contributed by atoms with Crippen molar-refractivity contribution in [2.75, 3.05) is 26.7 Å². The molecule has 0 bridgehead atoms. The first kappa shape index (κ1) is 19.7. The highest BCUT2D eigenvalue weighted by Crippen LogP contribution is 2.30. The zero-order valence-corrected chi connectivity index (χ0v) is 16.2. The molecule has 2 fully saturated rings. The fourth-order valence-corrected chi connectivity index (χ4v) is 4.43. The number of rotatable bonds is 5. The Hall–Kier alpha value is -2.62. The number of nitrogens with one attached hydrogen (secondary N) is 2. The first-order valence-electron chi connectivity index (χ1n) is 9.74. The monoisotopic (exact) mass is 400 g/mol. The highest BCUT2D eigenvalue weighted by atomic mass is 16.3. The Morgan fingerprint density at radius 1 is 1.24 bits per heavy atom. The number of β-amino-alcohol motifs (C(OH)–C–C–N with tert-alkyl or cyclic N) is 1. The number of benzene rings is 1. The third-order valence-electron chi connectivity index (χ3n) is 5.78. The quantitative estimate of drug-likeness (QED) is 0.556. The van der Waals surface area contributed by atoms with Gasteiger partial charge >= 0.3 is 0 Å². The predicted octanol–water partition coefficient (Wildman–Crippen LogP) is -0.756. The Kier molecular flexibility index (Phi) is 4.97. The minimum Gasteiger partial charge on any atom is -0.387 e. The van der Waals surface area contributed by atoms with E-state index in [0.717, 1.165) is 11.4 Å². The molecule has 1 aromatic rings. The first-order chi connectivity index (χ1) is 13.8. The van der Waals surface area contributed by atoms with Gasteiger partial charge in [0.2, 0.25) is 11.8 Å². The van der Waals surface area contributed by atoms with Crippen LogP contribution >= 0.6 is 0 Å². The van der Waals surface area contributed by atoms with Crippen LogP contribution in [0.3, 0.4) is 0 Å². The summed E-state index contributed by atoms with van der Waals surface area (Å²) in [6.45, 7) is 2.10. The second-order valence-corrected chi connectivity index (χ2v) is 8.11. The lowest BCUT2D eigenvalue weighted by molar-refractivity contribution is -0.136. The van der Waals surface area contributed by atoms with E-state index >= 15 is 0 Å². The van der Waals surface area contributed by atoms with E-state index in [2.05, 4.69) is 10.6 Å². The van der Waals surface area contributed by atoms with E-state index in [1.807, 2.05) is 11.9 Å². The van der Waals surface area contributed by atoms with Gasteiger partial charge in [-0.05, 0) is 38.1 Å². The molecular formula is C20H24N4O5. The van der Waals surface area contributed by atoms with E-state index in [1.165, 1.54) is 0 Å². The molecule has 3 N–H and O–H groups in total. The summed E-state index contributed by atoms with van der Waals surface area (Å²) < 4.78 is 0. The molecule has 4 amide bonds. The van der Waals surface area contributed by atoms with Crippen LogP contribution in [-0.4, -0.2) is 76.9 Å². The van der Waals surface area contributed by atoms with Gasteiger partial charge in [-0.25, -0.2) is 0 Å². The molecule has 2 unspecified atom stereocenters. The number of piperidine rings is 1. The van der Waals surface area contributed by atoms with Gasteiger partial charge in [0.05, 0.1) is 16.7 Å². The Morgan fingerprint density at radius 3 is 2.72 bits per heavy atom. The molecule has 3 aliphatic rings. The lowest BCUT2D eigenvalue weighted by atomic mass is 10.00. The lowest BCUT2D eigenvalue weighted by Crippen LogP contribution is -2.54. The van der Waals surface area contributed by atoms with Crippen LogP contribution in [0.4, 0.5) is 0 Å². The van der Waals surface area contributed by atoms with Crippen molar-refractivity contribution in [3.8, 4) is 0 Å². The van der Waals surface area contributed by atoms with Gasteiger partial charge in [-0.1, -0.05) is 12.1 Å². The van der Waals surface area contributed by atoms with Gasteiger partial charge in [-0.3, -0.25) is 34.3 Å². The molecule has 0 aromatic heterocycles. The second kappa shape index (κ2) is 7.33. The van der Waals surface area contributed by atoms with Gasteiger partial charge in [0.25, 0.3) is 11.8 Å². The van der Waals surface area contributed by atoms with Gasteiger partial charge in [-0.15, -0.1) is 0 Å². The molecule has 29 heavy (non-hydrogen) atoms. The summed E-state index contributed by atoms with van der Waals surface area (Å²) in [7, 11) is 1.86. The van der Waals surface area contributed by atoms with Crippen LogP contribution in [0.25, 0.3) is 0 Å². The topological polar surface area (TPSA) is 119 Å². The van der Waals surface area contributed by atoms with Gasteiger partial charge in [0.1, 0.15) is 6.04 Å². The molecule has 0 saturated carbocycles. The number of amides is 4. The molecule has 9 nitrogen and oxygen atoms in total. The summed E-state index contributed by atoms with van der Waals surface area (Å²) in [4.78, 5) is 52.5. The molecule has 3 heterocycles. The van der Waals surface area contributed by atoms with Crippen molar-refractivity contribution in [2.45, 2.75) is 37.5 Å². The van der Waals surface area contributed by atoms with Gasteiger partial charge < -0.3 is 10.4 Å². The maximum Gasteiger partial charge on any atom is 0.262 e. The maximum absolute atomic E-state index is 13.1. The normalized spacial score (nSPS) is 27.0. The fourth-order valence-electron chi connectivity index (χ4n) is 4.43. The zero-order chi connectivity index (χ0) is 20.8. The van der Waals surface area contributed by atoms with E-state index in [1.54, 1.807) is 18.2 Å². The second-order valence-electron chi connectivity index (χ2n) is 8.11. The number of nitrogens with zero attached hydrogens (tertiary/aromatic N) is 2. The van der Waals surface area contributed by atoms with Crippen LogP contribution in [-0.2, 0) is 16.1 Å². The van der Waals surface area contributed by atoms with E-state index in [9.17, 15) is 24.3 Å². The molecule has 3 aliphatic heterocycles. The van der Waals surface area contributed by atoms with E-state index in [-0.39, 0.29) is 18.4 Å². The standard InChI is InChI=1S/C20H24N4O5/c1-23(11-20(29)7-8-21-10-20)9-12-3-2-4-13-16(12)19(28)24(18(13)27)14-5-6-15(25)22-17(14)26/h2-4,14,21,29H,5-11H2,1H3,(H,22,25,26). The number of carbonyl (C=O) groups excluding carboxylic acids is 4. The van der Waals surface area contributed by atoms with Crippen molar-refractivity contribution in [3.63, 3.8) is 0 Å². The number of carbonyl (C=O) groups is 4. The summed E-state index contributed by atoms with van der Waals surface area (Å²) in [5, 5.41) is 15.9. The first-order valence-corrected chi connectivity index (χ1v) is 9.74. The average Bonchev–Trinajstić information content (AvgIpc) is 3.18. The largest absolute Gasteiger partial charge is 0.387 e. The number of hydrogen-bond donors (Lipinski definition) is 3. The number of aliphatic hydroxyl groups is 1. The Labute approximate surface area is 168 Å². The maximum atomic E-state index is 13.1. The Morgan fingerprint density at radius 2 is 2.03 bits per heavy atom. The van der Waals surface area contributed by atoms with Crippen molar-refractivity contribution in [1.29, 1.82) is 0 Å². The molecular weight excluding hydrogens is 376 g/mol. The molecule has 154 valence electrons. The van der Waals surface area contributed by atoms with E-state index < -0.39 is 35.3 Å². The summed E-state index contributed by atoms with van der Waals surface area (Å²) >= 11 is 0. The van der Waals surface area contributed by atoms with Crippen LogP contribution < -0.4 is 10.6 Å². The van der Waals surface area contributed by atoms with Crippen LogP contribution in [0, 0.1) is 0 Å².